The number of hydrogen-bond acceptors (Lipinski definition) is 3. The summed E-state index contributed by atoms with van der Waals surface area (Å²) in [5, 5.41) is 8.60. The first-order valence-electron chi connectivity index (χ1n) is 5.41. The normalized spacial score (nSPS) is 15.3. The lowest BCUT2D eigenvalue weighted by Gasteiger charge is -2.30. The van der Waals surface area contributed by atoms with E-state index in [9.17, 15) is 4.79 Å². The molecule has 0 rings (SSSR count). The fourth-order valence-corrected chi connectivity index (χ4v) is 2.04. The van der Waals surface area contributed by atoms with Crippen LogP contribution in [-0.2, 0) is 4.79 Å². The first-order chi connectivity index (χ1) is 6.99. The molecule has 0 aromatic rings. The van der Waals surface area contributed by atoms with Crippen LogP contribution in [-0.4, -0.2) is 47.1 Å². The number of aliphatic carboxylic acids is 1. The highest BCUT2D eigenvalue weighted by molar-refractivity contribution is 7.98. The third kappa shape index (κ3) is 6.79. The van der Waals surface area contributed by atoms with Gasteiger partial charge in [-0.2, -0.15) is 11.8 Å². The van der Waals surface area contributed by atoms with E-state index in [1.54, 1.807) is 0 Å². The maximum absolute atomic E-state index is 10.4. The highest BCUT2D eigenvalue weighted by Crippen LogP contribution is 2.12. The van der Waals surface area contributed by atoms with Crippen molar-refractivity contribution >= 4 is 17.7 Å². The predicted octanol–water partition coefficient (Wildman–Crippen LogP) is 2.31. The van der Waals surface area contributed by atoms with Crippen LogP contribution in [0.25, 0.3) is 0 Å². The Morgan fingerprint density at radius 2 is 1.87 bits per heavy atom. The summed E-state index contributed by atoms with van der Waals surface area (Å²) < 4.78 is 0. The first kappa shape index (κ1) is 14.8. The second-order valence-electron chi connectivity index (χ2n) is 4.08. The monoisotopic (exact) mass is 233 g/mol. The smallest absolute Gasteiger partial charge is 0.303 e. The van der Waals surface area contributed by atoms with Crippen LogP contribution in [0.15, 0.2) is 0 Å². The van der Waals surface area contributed by atoms with Gasteiger partial charge in [0.15, 0.2) is 0 Å². The second kappa shape index (κ2) is 7.99. The van der Waals surface area contributed by atoms with Gasteiger partial charge in [-0.05, 0) is 45.7 Å². The highest BCUT2D eigenvalue weighted by Gasteiger charge is 2.16. The topological polar surface area (TPSA) is 40.5 Å². The van der Waals surface area contributed by atoms with Gasteiger partial charge < -0.3 is 10.0 Å². The molecule has 0 aliphatic carbocycles. The maximum atomic E-state index is 10.4. The van der Waals surface area contributed by atoms with E-state index in [-0.39, 0.29) is 6.42 Å². The van der Waals surface area contributed by atoms with Crippen LogP contribution in [0.1, 0.15) is 33.1 Å². The van der Waals surface area contributed by atoms with Crippen LogP contribution < -0.4 is 0 Å². The number of rotatable bonds is 8. The Kier molecular flexibility index (Phi) is 7.88. The van der Waals surface area contributed by atoms with E-state index in [1.807, 2.05) is 11.8 Å². The van der Waals surface area contributed by atoms with Crippen molar-refractivity contribution in [3.8, 4) is 0 Å². The van der Waals surface area contributed by atoms with E-state index in [1.165, 1.54) is 0 Å². The Hall–Kier alpha value is -0.220. The fourth-order valence-electron chi connectivity index (χ4n) is 1.46. The molecule has 15 heavy (non-hydrogen) atoms. The van der Waals surface area contributed by atoms with E-state index in [4.69, 9.17) is 5.11 Å². The number of carbonyl (C=O) groups is 1. The molecule has 2 atom stereocenters. The van der Waals surface area contributed by atoms with Crippen LogP contribution in [0.5, 0.6) is 0 Å². The minimum absolute atomic E-state index is 0.265. The van der Waals surface area contributed by atoms with Crippen molar-refractivity contribution < 1.29 is 9.90 Å². The van der Waals surface area contributed by atoms with Crippen LogP contribution in [0.2, 0.25) is 0 Å². The van der Waals surface area contributed by atoms with Gasteiger partial charge in [-0.3, -0.25) is 4.79 Å². The van der Waals surface area contributed by atoms with E-state index >= 15 is 0 Å². The van der Waals surface area contributed by atoms with Gasteiger partial charge in [-0.25, -0.2) is 0 Å². The number of carboxylic acid groups (broad SMARTS) is 1. The quantitative estimate of drug-likeness (QED) is 0.698. The Bertz CT molecular complexity index is 187. The zero-order chi connectivity index (χ0) is 11.8. The first-order valence-corrected chi connectivity index (χ1v) is 6.81. The van der Waals surface area contributed by atoms with Gasteiger partial charge in [0.05, 0.1) is 0 Å². The fraction of sp³-hybridized carbons (Fsp3) is 0.909. The van der Waals surface area contributed by atoms with Crippen molar-refractivity contribution in [3.63, 3.8) is 0 Å². The highest BCUT2D eigenvalue weighted by atomic mass is 32.2. The summed E-state index contributed by atoms with van der Waals surface area (Å²) in [5.74, 6) is 0.462. The average Bonchev–Trinajstić information content (AvgIpc) is 2.21. The Morgan fingerprint density at radius 1 is 1.33 bits per heavy atom. The van der Waals surface area contributed by atoms with Crippen molar-refractivity contribution in [1.29, 1.82) is 0 Å². The van der Waals surface area contributed by atoms with Gasteiger partial charge in [0.25, 0.3) is 0 Å². The van der Waals surface area contributed by atoms with Crippen LogP contribution in [0.3, 0.4) is 0 Å². The van der Waals surface area contributed by atoms with Gasteiger partial charge >= 0.3 is 5.97 Å². The van der Waals surface area contributed by atoms with Crippen LogP contribution >= 0.6 is 11.8 Å². The van der Waals surface area contributed by atoms with Crippen molar-refractivity contribution in [2.24, 2.45) is 0 Å². The Balaban J connectivity index is 3.84. The summed E-state index contributed by atoms with van der Waals surface area (Å²) in [7, 11) is 2.08. The van der Waals surface area contributed by atoms with Crippen molar-refractivity contribution in [3.05, 3.63) is 0 Å². The van der Waals surface area contributed by atoms with E-state index < -0.39 is 5.97 Å². The summed E-state index contributed by atoms with van der Waals surface area (Å²) in [6.07, 6.45) is 4.27. The summed E-state index contributed by atoms with van der Waals surface area (Å²) in [5.41, 5.74) is 0. The predicted molar refractivity (Wildman–Crippen MR) is 66.6 cm³/mol. The maximum Gasteiger partial charge on any atom is 0.303 e. The lowest BCUT2D eigenvalue weighted by Crippen LogP contribution is -2.37. The molecule has 0 radical (unpaired) electrons. The molecule has 0 aliphatic heterocycles. The second-order valence-corrected chi connectivity index (χ2v) is 5.06. The van der Waals surface area contributed by atoms with Crippen molar-refractivity contribution in [2.75, 3.05) is 19.1 Å². The molecule has 0 bridgehead atoms. The third-order valence-corrected chi connectivity index (χ3v) is 3.55. The lowest BCUT2D eigenvalue weighted by molar-refractivity contribution is -0.137. The van der Waals surface area contributed by atoms with E-state index in [0.717, 1.165) is 18.6 Å². The third-order valence-electron chi connectivity index (χ3n) is 2.91. The molecule has 0 aromatic carbocycles. The molecule has 90 valence electrons. The SMILES string of the molecule is CSCCC(C)N(C)C(C)CCC(=O)O. The Morgan fingerprint density at radius 3 is 2.33 bits per heavy atom. The molecule has 0 heterocycles. The molecule has 1 N–H and O–H groups in total. The molecule has 2 unspecified atom stereocenters. The zero-order valence-corrected chi connectivity index (χ0v) is 11.0. The summed E-state index contributed by atoms with van der Waals surface area (Å²) in [6.45, 7) is 4.30. The largest absolute Gasteiger partial charge is 0.481 e. The van der Waals surface area contributed by atoms with Crippen LogP contribution in [0.4, 0.5) is 0 Å². The average molecular weight is 233 g/mol. The molecule has 0 saturated heterocycles. The zero-order valence-electron chi connectivity index (χ0n) is 10.2. The lowest BCUT2D eigenvalue weighted by atomic mass is 10.1. The summed E-state index contributed by atoms with van der Waals surface area (Å²) in [4.78, 5) is 12.7. The number of thioether (sulfide) groups is 1. The molecule has 4 heteroatoms. The molecule has 0 spiro atoms. The van der Waals surface area contributed by atoms with Gasteiger partial charge in [0.2, 0.25) is 0 Å². The molecule has 3 nitrogen and oxygen atoms in total. The van der Waals surface area contributed by atoms with Gasteiger partial charge in [-0.15, -0.1) is 0 Å². The van der Waals surface area contributed by atoms with Gasteiger partial charge in [0, 0.05) is 18.5 Å². The minimum atomic E-state index is -0.702. The molecule has 0 amide bonds. The summed E-state index contributed by atoms with van der Waals surface area (Å²) in [6, 6.07) is 0.874. The Labute approximate surface area is 97.2 Å². The van der Waals surface area contributed by atoms with E-state index in [2.05, 4.69) is 32.1 Å². The number of carboxylic acids is 1. The molecule has 0 saturated carbocycles. The molecule has 0 aliphatic rings. The molecular formula is C11H23NO2S. The standard InChI is InChI=1S/C11H23NO2S/c1-9(5-6-11(13)14)12(3)10(2)7-8-15-4/h9-10H,5-8H2,1-4H3,(H,13,14). The number of nitrogens with zero attached hydrogens (tertiary/aromatic N) is 1. The molecular weight excluding hydrogens is 210 g/mol. The van der Waals surface area contributed by atoms with E-state index in [0.29, 0.717) is 12.1 Å². The molecule has 0 fully saturated rings. The number of hydrogen-bond donors (Lipinski definition) is 1. The van der Waals surface area contributed by atoms with Crippen molar-refractivity contribution in [1.82, 2.24) is 4.90 Å². The van der Waals surface area contributed by atoms with Crippen LogP contribution in [0, 0.1) is 0 Å². The van der Waals surface area contributed by atoms with Gasteiger partial charge in [0.1, 0.15) is 0 Å². The van der Waals surface area contributed by atoms with Crippen molar-refractivity contribution in [2.45, 2.75) is 45.2 Å². The summed E-state index contributed by atoms with van der Waals surface area (Å²) >= 11 is 1.86. The minimum Gasteiger partial charge on any atom is -0.481 e. The van der Waals surface area contributed by atoms with Gasteiger partial charge in [-0.1, -0.05) is 0 Å². The molecule has 0 aromatic heterocycles.